The molecule has 0 amide bonds. The van der Waals surface area contributed by atoms with Crippen LogP contribution in [0.2, 0.25) is 10.0 Å². The second-order valence-electron chi connectivity index (χ2n) is 8.97. The van der Waals surface area contributed by atoms with Crippen molar-refractivity contribution < 1.29 is 4.74 Å². The molecule has 1 aliphatic rings. The van der Waals surface area contributed by atoms with Crippen molar-refractivity contribution in [2.45, 2.75) is 52.3 Å². The second kappa shape index (κ2) is 10.3. The van der Waals surface area contributed by atoms with Gasteiger partial charge in [0.25, 0.3) is 0 Å². The maximum Gasteiger partial charge on any atom is 0.120 e. The largest absolute Gasteiger partial charge is 0.489 e. The van der Waals surface area contributed by atoms with Crippen LogP contribution in [-0.2, 0) is 6.61 Å². The number of aromatic nitrogens is 3. The lowest BCUT2D eigenvalue weighted by molar-refractivity contribution is 0.147. The van der Waals surface area contributed by atoms with Gasteiger partial charge in [0.05, 0.1) is 33.7 Å². The second-order valence-corrected chi connectivity index (χ2v) is 9.75. The Morgan fingerprint density at radius 2 is 1.97 bits per heavy atom. The van der Waals surface area contributed by atoms with Crippen LogP contribution in [0.5, 0.6) is 5.75 Å². The molecule has 0 unspecified atom stereocenters. The predicted octanol–water partition coefficient (Wildman–Crippen LogP) is 5.52. The van der Waals surface area contributed by atoms with Crippen LogP contribution in [0.25, 0.3) is 0 Å². The van der Waals surface area contributed by atoms with E-state index >= 15 is 0 Å². The number of anilines is 1. The lowest BCUT2D eigenvalue weighted by atomic mass is 10.0. The van der Waals surface area contributed by atoms with E-state index in [4.69, 9.17) is 39.1 Å². The number of rotatable bonds is 7. The van der Waals surface area contributed by atoms with Gasteiger partial charge in [-0.1, -0.05) is 23.2 Å². The van der Waals surface area contributed by atoms with Gasteiger partial charge in [0.2, 0.25) is 0 Å². The number of nitrogen functional groups attached to an aromatic ring is 1. The molecule has 1 saturated heterocycles. The Kier molecular flexibility index (Phi) is 7.45. The average Bonchev–Trinajstić information content (AvgIpc) is 3.32. The van der Waals surface area contributed by atoms with Gasteiger partial charge in [-0.25, -0.2) is 0 Å². The van der Waals surface area contributed by atoms with Crippen molar-refractivity contribution in [3.63, 3.8) is 0 Å². The normalized spacial score (nSPS) is 15.1. The summed E-state index contributed by atoms with van der Waals surface area (Å²) in [5.41, 5.74) is 9.72. The lowest BCUT2D eigenvalue weighted by Crippen LogP contribution is -2.39. The van der Waals surface area contributed by atoms with Gasteiger partial charge in [-0.15, -0.1) is 0 Å². The van der Waals surface area contributed by atoms with E-state index in [1.54, 1.807) is 30.6 Å². The van der Waals surface area contributed by atoms with Crippen molar-refractivity contribution in [2.75, 3.05) is 18.8 Å². The fourth-order valence-electron chi connectivity index (χ4n) is 4.23. The van der Waals surface area contributed by atoms with E-state index in [-0.39, 0.29) is 6.61 Å². The number of benzene rings is 1. The van der Waals surface area contributed by atoms with Crippen molar-refractivity contribution in [2.24, 2.45) is 0 Å². The van der Waals surface area contributed by atoms with Gasteiger partial charge in [-0.05, 0) is 51.8 Å². The Morgan fingerprint density at radius 3 is 2.68 bits per heavy atom. The number of pyridine rings is 1. The fraction of sp³-hybridized carbons (Fsp3) is 0.400. The number of nitrogens with zero attached hydrogens (tertiary/aromatic N) is 4. The number of aryl methyl sites for hydroxylation is 1. The first-order valence-electron chi connectivity index (χ1n) is 11.4. The highest BCUT2D eigenvalue weighted by Crippen LogP contribution is 2.29. The zero-order valence-corrected chi connectivity index (χ0v) is 21.2. The van der Waals surface area contributed by atoms with Crippen molar-refractivity contribution >= 4 is 34.6 Å². The SMILES string of the molecule is Cc1ncc(Cl)c(COc2ccc(N)c(C(=N)c3cnn(C4CCN(C(C)C)CC4)c3)c2)c1Cl. The molecular weight excluding hydrogens is 471 g/mol. The minimum Gasteiger partial charge on any atom is -0.489 e. The summed E-state index contributed by atoms with van der Waals surface area (Å²) >= 11 is 12.6. The van der Waals surface area contributed by atoms with E-state index in [0.717, 1.165) is 31.5 Å². The van der Waals surface area contributed by atoms with Gasteiger partial charge in [0.15, 0.2) is 0 Å². The van der Waals surface area contributed by atoms with Gasteiger partial charge in [0, 0.05) is 53.9 Å². The molecule has 1 aliphatic heterocycles. The van der Waals surface area contributed by atoms with Crippen LogP contribution in [0.15, 0.2) is 36.8 Å². The summed E-state index contributed by atoms with van der Waals surface area (Å²) in [5, 5.41) is 14.3. The Hall–Kier alpha value is -2.61. The summed E-state index contributed by atoms with van der Waals surface area (Å²) in [7, 11) is 0. The Bertz CT molecular complexity index is 1180. The van der Waals surface area contributed by atoms with Crippen LogP contribution >= 0.6 is 23.2 Å². The molecule has 1 fully saturated rings. The van der Waals surface area contributed by atoms with Crippen LogP contribution in [-0.4, -0.2) is 44.5 Å². The number of hydrogen-bond donors (Lipinski definition) is 2. The van der Waals surface area contributed by atoms with E-state index < -0.39 is 0 Å². The van der Waals surface area contributed by atoms with Crippen LogP contribution in [0, 0.1) is 12.3 Å². The molecule has 0 aliphatic carbocycles. The van der Waals surface area contributed by atoms with E-state index in [1.807, 2.05) is 17.8 Å². The van der Waals surface area contributed by atoms with Crippen LogP contribution in [0.1, 0.15) is 55.1 Å². The number of ether oxygens (including phenoxy) is 1. The number of nitrogens with one attached hydrogen (secondary N) is 1. The molecule has 7 nitrogen and oxygen atoms in total. The van der Waals surface area contributed by atoms with Gasteiger partial charge >= 0.3 is 0 Å². The molecule has 180 valence electrons. The van der Waals surface area contributed by atoms with Gasteiger partial charge in [-0.3, -0.25) is 15.1 Å². The summed E-state index contributed by atoms with van der Waals surface area (Å²) in [6.45, 7) is 8.59. The number of halogens is 2. The minimum absolute atomic E-state index is 0.185. The summed E-state index contributed by atoms with van der Waals surface area (Å²) in [6, 6.07) is 6.20. The maximum absolute atomic E-state index is 8.77. The number of hydrogen-bond acceptors (Lipinski definition) is 6. The molecule has 1 aromatic carbocycles. The average molecular weight is 501 g/mol. The molecule has 0 saturated carbocycles. The van der Waals surface area contributed by atoms with Crippen molar-refractivity contribution in [3.05, 3.63) is 69.2 Å². The standard InChI is InChI=1S/C25H30Cl2N6O/c1-15(2)32-8-6-18(7-9-32)33-13-17(11-31-33)25(29)20-10-19(4-5-23(20)28)34-14-21-22(26)12-30-16(3)24(21)27/h4-5,10-13,15,18,29H,6-9,14,28H2,1-3H3. The molecule has 4 rings (SSSR count). The summed E-state index contributed by atoms with van der Waals surface area (Å²) in [4.78, 5) is 6.64. The van der Waals surface area contributed by atoms with Crippen LogP contribution < -0.4 is 10.5 Å². The van der Waals surface area contributed by atoms with Gasteiger partial charge in [-0.2, -0.15) is 5.10 Å². The minimum atomic E-state index is 0.185. The molecule has 2 aromatic heterocycles. The van der Waals surface area contributed by atoms with Crippen molar-refractivity contribution in [1.82, 2.24) is 19.7 Å². The topological polar surface area (TPSA) is 93.0 Å². The van der Waals surface area contributed by atoms with Crippen LogP contribution in [0.3, 0.4) is 0 Å². The molecular formula is C25H30Cl2N6O. The third kappa shape index (κ3) is 5.22. The highest BCUT2D eigenvalue weighted by atomic mass is 35.5. The van der Waals surface area contributed by atoms with E-state index in [9.17, 15) is 0 Å². The third-order valence-corrected chi connectivity index (χ3v) is 7.24. The Labute approximate surface area is 210 Å². The van der Waals surface area contributed by atoms with E-state index in [2.05, 4.69) is 28.8 Å². The van der Waals surface area contributed by atoms with Gasteiger partial charge in [0.1, 0.15) is 12.4 Å². The molecule has 3 N–H and O–H groups in total. The molecule has 0 spiro atoms. The number of piperidine rings is 1. The van der Waals surface area contributed by atoms with Crippen molar-refractivity contribution in [3.8, 4) is 5.75 Å². The highest BCUT2D eigenvalue weighted by Gasteiger charge is 2.23. The van der Waals surface area contributed by atoms with Gasteiger partial charge < -0.3 is 15.4 Å². The molecule has 9 heteroatoms. The first kappa shape index (κ1) is 24.5. The smallest absolute Gasteiger partial charge is 0.120 e. The monoisotopic (exact) mass is 500 g/mol. The molecule has 3 aromatic rings. The highest BCUT2D eigenvalue weighted by molar-refractivity contribution is 6.36. The number of likely N-dealkylation sites (tertiary alicyclic amines) is 1. The lowest BCUT2D eigenvalue weighted by Gasteiger charge is -2.34. The zero-order chi connectivity index (χ0) is 24.4. The summed E-state index contributed by atoms with van der Waals surface area (Å²) in [5.74, 6) is 0.573. The zero-order valence-electron chi connectivity index (χ0n) is 19.7. The summed E-state index contributed by atoms with van der Waals surface area (Å²) in [6.07, 6.45) is 7.36. The predicted molar refractivity (Wildman–Crippen MR) is 137 cm³/mol. The van der Waals surface area contributed by atoms with E-state index in [0.29, 0.717) is 56.1 Å². The van der Waals surface area contributed by atoms with Crippen LogP contribution in [0.4, 0.5) is 5.69 Å². The molecule has 34 heavy (non-hydrogen) atoms. The maximum atomic E-state index is 8.77. The first-order valence-corrected chi connectivity index (χ1v) is 12.2. The molecule has 3 heterocycles. The molecule has 0 radical (unpaired) electrons. The third-order valence-electron chi connectivity index (χ3n) is 6.41. The summed E-state index contributed by atoms with van der Waals surface area (Å²) < 4.78 is 7.94. The molecule has 0 bridgehead atoms. The first-order chi connectivity index (χ1) is 16.2. The fourth-order valence-corrected chi connectivity index (χ4v) is 4.68. The Morgan fingerprint density at radius 1 is 1.24 bits per heavy atom. The molecule has 0 atom stereocenters. The number of nitrogens with two attached hydrogens (primary N) is 1. The quantitative estimate of drug-likeness (QED) is 0.329. The Balaban J connectivity index is 1.47. The van der Waals surface area contributed by atoms with E-state index in [1.165, 1.54) is 0 Å². The van der Waals surface area contributed by atoms with Crippen molar-refractivity contribution in [1.29, 1.82) is 5.41 Å².